The van der Waals surface area contributed by atoms with Gasteiger partial charge in [0.2, 0.25) is 0 Å². The topological polar surface area (TPSA) is 76.6 Å². The molecule has 1 aromatic heterocycles. The molecule has 0 spiro atoms. The predicted octanol–water partition coefficient (Wildman–Crippen LogP) is -1.19. The van der Waals surface area contributed by atoms with Crippen LogP contribution in [0.25, 0.3) is 0 Å². The number of hydrogen-bond donors (Lipinski definition) is 0. The summed E-state index contributed by atoms with van der Waals surface area (Å²) in [6.07, 6.45) is 6.17. The Morgan fingerprint density at radius 1 is 1.19 bits per heavy atom. The molecule has 2 amide bonds. The van der Waals surface area contributed by atoms with Gasteiger partial charge >= 0.3 is 35.6 Å². The molecule has 1 unspecified atom stereocenters. The van der Waals surface area contributed by atoms with Gasteiger partial charge in [0, 0.05) is 43.6 Å². The molecule has 2 aliphatic rings. The first-order valence-electron chi connectivity index (χ1n) is 8.94. The second kappa shape index (κ2) is 8.42. The summed E-state index contributed by atoms with van der Waals surface area (Å²) in [5.74, 6) is -0.868. The van der Waals surface area contributed by atoms with Gasteiger partial charge < -0.3 is 14.8 Å². The number of hydrogen-bond acceptors (Lipinski definition) is 4. The first-order chi connectivity index (χ1) is 12.6. The van der Waals surface area contributed by atoms with Crippen molar-refractivity contribution in [3.8, 4) is 0 Å². The van der Waals surface area contributed by atoms with Crippen LogP contribution in [0.4, 0.5) is 10.5 Å². The van der Waals surface area contributed by atoms with E-state index in [-0.39, 0.29) is 41.2 Å². The van der Waals surface area contributed by atoms with Gasteiger partial charge in [-0.3, -0.25) is 9.88 Å². The molecule has 1 aromatic carbocycles. The number of carboxylic acid groups (broad SMARTS) is 1. The van der Waals surface area contributed by atoms with Gasteiger partial charge in [0.05, 0.1) is 5.97 Å². The van der Waals surface area contributed by atoms with E-state index in [2.05, 4.69) is 11.1 Å². The van der Waals surface area contributed by atoms with Gasteiger partial charge in [-0.25, -0.2) is 4.79 Å². The van der Waals surface area contributed by atoms with Gasteiger partial charge in [-0.15, -0.1) is 0 Å². The van der Waals surface area contributed by atoms with Crippen molar-refractivity contribution in [1.29, 1.82) is 0 Å². The van der Waals surface area contributed by atoms with Gasteiger partial charge in [-0.05, 0) is 54.2 Å². The number of fused-ring (bicyclic) bond motifs is 1. The summed E-state index contributed by atoms with van der Waals surface area (Å²) in [4.78, 5) is 32.0. The summed E-state index contributed by atoms with van der Waals surface area (Å²) >= 11 is 0. The molecule has 134 valence electrons. The second-order valence-electron chi connectivity index (χ2n) is 6.89. The van der Waals surface area contributed by atoms with Crippen LogP contribution in [0.1, 0.15) is 40.2 Å². The van der Waals surface area contributed by atoms with E-state index in [4.69, 9.17) is 0 Å². The van der Waals surface area contributed by atoms with E-state index < -0.39 is 5.97 Å². The van der Waals surface area contributed by atoms with E-state index in [1.165, 1.54) is 11.6 Å². The van der Waals surface area contributed by atoms with Crippen LogP contribution in [-0.4, -0.2) is 41.5 Å². The average Bonchev–Trinajstić information content (AvgIpc) is 3.17. The van der Waals surface area contributed by atoms with E-state index >= 15 is 0 Å². The van der Waals surface area contributed by atoms with Crippen molar-refractivity contribution >= 4 is 17.7 Å². The Morgan fingerprint density at radius 2 is 2.04 bits per heavy atom. The van der Waals surface area contributed by atoms with Crippen LogP contribution in [-0.2, 0) is 6.42 Å². The minimum absolute atomic E-state index is 0. The molecule has 1 saturated heterocycles. The van der Waals surface area contributed by atoms with Crippen LogP contribution in [0.15, 0.2) is 42.7 Å². The number of benzene rings is 1. The normalized spacial score (nSPS) is 18.6. The van der Waals surface area contributed by atoms with E-state index in [1.807, 2.05) is 17.2 Å². The van der Waals surface area contributed by atoms with Crippen LogP contribution in [0, 0.1) is 0 Å². The molecule has 6 nitrogen and oxygen atoms in total. The Bertz CT molecular complexity index is 844. The van der Waals surface area contributed by atoms with E-state index in [9.17, 15) is 14.7 Å². The Kier molecular flexibility index (Phi) is 6.19. The van der Waals surface area contributed by atoms with Crippen molar-refractivity contribution in [2.24, 2.45) is 0 Å². The molecule has 1 atom stereocenters. The number of amides is 2. The van der Waals surface area contributed by atoms with Gasteiger partial charge in [-0.2, -0.15) is 0 Å². The molecule has 0 N–H and O–H groups in total. The van der Waals surface area contributed by atoms with Crippen LogP contribution in [0.3, 0.4) is 0 Å². The standard InChI is InChI=1S/C20H21N3O3.Na/c24-19(25)15-5-6-18-14(11-15)4-2-9-23(18)20(26)22-10-7-17(13-22)16-3-1-8-21-12-16;/h1,3,5-6,8,11-12,17H,2,4,7,9-10,13H2,(H,24,25);/q;+1/p-1. The molecule has 0 saturated carbocycles. The minimum Gasteiger partial charge on any atom is -0.545 e. The fourth-order valence-corrected chi connectivity index (χ4v) is 3.92. The maximum atomic E-state index is 13.1. The molecule has 27 heavy (non-hydrogen) atoms. The Morgan fingerprint density at radius 3 is 2.78 bits per heavy atom. The number of pyridine rings is 1. The van der Waals surface area contributed by atoms with Gasteiger partial charge in [-0.1, -0.05) is 12.1 Å². The van der Waals surface area contributed by atoms with Crippen LogP contribution >= 0.6 is 0 Å². The zero-order valence-electron chi connectivity index (χ0n) is 15.4. The van der Waals surface area contributed by atoms with Crippen molar-refractivity contribution in [2.75, 3.05) is 24.5 Å². The maximum Gasteiger partial charge on any atom is 1.00 e. The fraction of sp³-hybridized carbons (Fsp3) is 0.350. The van der Waals surface area contributed by atoms with Crippen LogP contribution in [0.2, 0.25) is 0 Å². The number of carboxylic acids is 1. The third-order valence-corrected chi connectivity index (χ3v) is 5.28. The first kappa shape index (κ1) is 19.9. The second-order valence-corrected chi connectivity index (χ2v) is 6.89. The summed E-state index contributed by atoms with van der Waals surface area (Å²) in [5.41, 5.74) is 3.04. The maximum absolute atomic E-state index is 13.1. The van der Waals surface area contributed by atoms with Crippen molar-refractivity contribution in [3.63, 3.8) is 0 Å². The molecule has 7 heteroatoms. The minimum atomic E-state index is -1.19. The first-order valence-corrected chi connectivity index (χ1v) is 8.94. The quantitative estimate of drug-likeness (QED) is 0.621. The summed E-state index contributed by atoms with van der Waals surface area (Å²) < 4.78 is 0. The number of likely N-dealkylation sites (tertiary alicyclic amines) is 1. The molecule has 2 aromatic rings. The number of aromatic nitrogens is 1. The van der Waals surface area contributed by atoms with Gasteiger partial charge in [0.15, 0.2) is 0 Å². The fourth-order valence-electron chi connectivity index (χ4n) is 3.92. The molecule has 0 aliphatic carbocycles. The number of anilines is 1. The van der Waals surface area contributed by atoms with Crippen molar-refractivity contribution in [1.82, 2.24) is 9.88 Å². The van der Waals surface area contributed by atoms with E-state index in [0.29, 0.717) is 19.0 Å². The van der Waals surface area contributed by atoms with Crippen LogP contribution < -0.4 is 39.6 Å². The number of aryl methyl sites for hydroxylation is 1. The molecular weight excluding hydrogens is 353 g/mol. The molecule has 1 fully saturated rings. The molecule has 0 radical (unpaired) electrons. The van der Waals surface area contributed by atoms with Crippen molar-refractivity contribution in [2.45, 2.75) is 25.2 Å². The van der Waals surface area contributed by atoms with Crippen molar-refractivity contribution < 1.29 is 44.3 Å². The Hall–Kier alpha value is -1.89. The number of nitrogens with zero attached hydrogens (tertiary/aromatic N) is 3. The van der Waals surface area contributed by atoms with Crippen molar-refractivity contribution in [3.05, 3.63) is 59.4 Å². The van der Waals surface area contributed by atoms with Gasteiger partial charge in [0.1, 0.15) is 0 Å². The summed E-state index contributed by atoms with van der Waals surface area (Å²) in [7, 11) is 0. The summed E-state index contributed by atoms with van der Waals surface area (Å²) in [6.45, 7) is 2.07. The number of aromatic carboxylic acids is 1. The SMILES string of the molecule is O=C([O-])c1ccc2c(c1)CCCN2C(=O)N1CCC(c2cccnc2)C1.[Na+]. The Labute approximate surface area is 180 Å². The molecule has 4 rings (SSSR count). The van der Waals surface area contributed by atoms with Gasteiger partial charge in [0.25, 0.3) is 0 Å². The predicted molar refractivity (Wildman–Crippen MR) is 95.0 cm³/mol. The smallest absolute Gasteiger partial charge is 0.545 e. The molecule has 0 bridgehead atoms. The molecule has 3 heterocycles. The number of carbonyl (C=O) groups is 2. The van der Waals surface area contributed by atoms with Crippen LogP contribution in [0.5, 0.6) is 0 Å². The van der Waals surface area contributed by atoms with E-state index in [0.717, 1.165) is 37.1 Å². The average molecular weight is 373 g/mol. The largest absolute Gasteiger partial charge is 1.00 e. The third-order valence-electron chi connectivity index (χ3n) is 5.28. The third kappa shape index (κ3) is 4.03. The molecular formula is C20H20N3NaO3. The number of carbonyl (C=O) groups excluding carboxylic acids is 2. The monoisotopic (exact) mass is 373 g/mol. The van der Waals surface area contributed by atoms with E-state index in [1.54, 1.807) is 23.2 Å². The number of urea groups is 1. The zero-order valence-corrected chi connectivity index (χ0v) is 17.4. The Balaban J connectivity index is 0.00000210. The zero-order chi connectivity index (χ0) is 18.1. The summed E-state index contributed by atoms with van der Waals surface area (Å²) in [6, 6.07) is 8.86. The molecule has 2 aliphatic heterocycles. The number of rotatable bonds is 2. The summed E-state index contributed by atoms with van der Waals surface area (Å²) in [5, 5.41) is 11.1.